The number of hydrogen-bond acceptors (Lipinski definition) is 3. The van der Waals surface area contributed by atoms with Crippen LogP contribution in [0, 0.1) is 0 Å². The van der Waals surface area contributed by atoms with Crippen molar-refractivity contribution in [2.75, 3.05) is 13.1 Å². The normalized spacial score (nSPS) is 12.9. The summed E-state index contributed by atoms with van der Waals surface area (Å²) >= 11 is 0. The first kappa shape index (κ1) is 15.1. The first-order chi connectivity index (χ1) is 7.49. The van der Waals surface area contributed by atoms with E-state index < -0.39 is 11.6 Å². The molecule has 0 aromatic rings. The summed E-state index contributed by atoms with van der Waals surface area (Å²) in [4.78, 5) is 10.7. The molecule has 0 aliphatic heterocycles. The van der Waals surface area contributed by atoms with Gasteiger partial charge >= 0.3 is 5.97 Å². The molecule has 0 spiro atoms. The van der Waals surface area contributed by atoms with Gasteiger partial charge in [-0.15, -0.1) is 0 Å². The highest BCUT2D eigenvalue weighted by molar-refractivity contribution is 5.86. The molecule has 3 N–H and O–H groups in total. The lowest BCUT2D eigenvalue weighted by molar-refractivity contribution is -0.132. The SMILES string of the molecule is CCC(=CCNCC(O)(CC)CC)C(=O)O. The van der Waals surface area contributed by atoms with Crippen LogP contribution in [-0.4, -0.2) is 34.9 Å². The number of carboxylic acids is 1. The van der Waals surface area contributed by atoms with Gasteiger partial charge in [-0.1, -0.05) is 26.8 Å². The van der Waals surface area contributed by atoms with Gasteiger partial charge in [0.05, 0.1) is 5.60 Å². The van der Waals surface area contributed by atoms with E-state index in [1.54, 1.807) is 6.08 Å². The third-order valence-electron chi connectivity index (χ3n) is 2.92. The number of aliphatic carboxylic acids is 1. The number of nitrogens with one attached hydrogen (secondary N) is 1. The zero-order valence-electron chi connectivity index (χ0n) is 10.4. The second kappa shape index (κ2) is 7.41. The van der Waals surface area contributed by atoms with Crippen LogP contribution in [0.1, 0.15) is 40.0 Å². The Kier molecular flexibility index (Phi) is 7.01. The first-order valence-electron chi connectivity index (χ1n) is 5.84. The molecule has 0 unspecified atom stereocenters. The maximum Gasteiger partial charge on any atom is 0.331 e. The topological polar surface area (TPSA) is 69.6 Å². The predicted octanol–water partition coefficient (Wildman–Crippen LogP) is 1.55. The zero-order valence-corrected chi connectivity index (χ0v) is 10.4. The summed E-state index contributed by atoms with van der Waals surface area (Å²) in [7, 11) is 0. The summed E-state index contributed by atoms with van der Waals surface area (Å²) in [5.74, 6) is -0.870. The molecular weight excluding hydrogens is 206 g/mol. The van der Waals surface area contributed by atoms with Gasteiger partial charge < -0.3 is 15.5 Å². The fraction of sp³-hybridized carbons (Fsp3) is 0.750. The lowest BCUT2D eigenvalue weighted by atomic mass is 9.98. The maximum absolute atomic E-state index is 10.7. The molecule has 0 saturated heterocycles. The van der Waals surface area contributed by atoms with Crippen molar-refractivity contribution < 1.29 is 15.0 Å². The highest BCUT2D eigenvalue weighted by Crippen LogP contribution is 2.12. The molecule has 0 radical (unpaired) electrons. The molecule has 0 aliphatic carbocycles. The molecule has 0 saturated carbocycles. The second-order valence-electron chi connectivity index (χ2n) is 3.95. The molecule has 0 bridgehead atoms. The molecule has 0 aromatic carbocycles. The van der Waals surface area contributed by atoms with E-state index >= 15 is 0 Å². The smallest absolute Gasteiger partial charge is 0.331 e. The van der Waals surface area contributed by atoms with Crippen LogP contribution in [-0.2, 0) is 4.79 Å². The average molecular weight is 229 g/mol. The van der Waals surface area contributed by atoms with Crippen molar-refractivity contribution in [1.82, 2.24) is 5.32 Å². The molecule has 94 valence electrons. The predicted molar refractivity (Wildman–Crippen MR) is 64.4 cm³/mol. The Morgan fingerprint density at radius 3 is 2.25 bits per heavy atom. The molecule has 4 nitrogen and oxygen atoms in total. The quantitative estimate of drug-likeness (QED) is 0.436. The van der Waals surface area contributed by atoms with Crippen LogP contribution in [0.3, 0.4) is 0 Å². The van der Waals surface area contributed by atoms with Gasteiger partial charge in [-0.25, -0.2) is 4.79 Å². The average Bonchev–Trinajstić information content (AvgIpc) is 2.28. The third kappa shape index (κ3) is 5.28. The largest absolute Gasteiger partial charge is 0.478 e. The summed E-state index contributed by atoms with van der Waals surface area (Å²) < 4.78 is 0. The molecule has 0 aromatic heterocycles. The van der Waals surface area contributed by atoms with Gasteiger partial charge in [0, 0.05) is 18.7 Å². The summed E-state index contributed by atoms with van der Waals surface area (Å²) in [5.41, 5.74) is -0.271. The van der Waals surface area contributed by atoms with Gasteiger partial charge in [-0.05, 0) is 19.3 Å². The van der Waals surface area contributed by atoms with Gasteiger partial charge in [-0.3, -0.25) is 0 Å². The summed E-state index contributed by atoms with van der Waals surface area (Å²) in [5, 5.41) is 21.8. The maximum atomic E-state index is 10.7. The molecule has 4 heteroatoms. The molecule has 0 aliphatic rings. The van der Waals surface area contributed by atoms with E-state index in [9.17, 15) is 9.90 Å². The number of rotatable bonds is 8. The monoisotopic (exact) mass is 229 g/mol. The minimum absolute atomic E-state index is 0.407. The molecule has 0 fully saturated rings. The highest BCUT2D eigenvalue weighted by atomic mass is 16.4. The van der Waals surface area contributed by atoms with E-state index in [-0.39, 0.29) is 0 Å². The Bertz CT molecular complexity index is 245. The van der Waals surface area contributed by atoms with Crippen molar-refractivity contribution in [1.29, 1.82) is 0 Å². The molecule has 0 heterocycles. The summed E-state index contributed by atoms with van der Waals surface area (Å²) in [6.45, 7) is 6.67. The lowest BCUT2D eigenvalue weighted by Crippen LogP contribution is -2.39. The standard InChI is InChI=1S/C12H23NO3/c1-4-10(11(14)15)7-8-13-9-12(16,5-2)6-3/h7,13,16H,4-6,8-9H2,1-3H3,(H,14,15). The van der Waals surface area contributed by atoms with E-state index in [1.165, 1.54) is 0 Å². The van der Waals surface area contributed by atoms with Gasteiger partial charge in [-0.2, -0.15) is 0 Å². The van der Waals surface area contributed by atoms with E-state index in [0.29, 0.717) is 37.9 Å². The van der Waals surface area contributed by atoms with Gasteiger partial charge in [0.1, 0.15) is 0 Å². The van der Waals surface area contributed by atoms with E-state index in [1.807, 2.05) is 20.8 Å². The Hall–Kier alpha value is -0.870. The van der Waals surface area contributed by atoms with Gasteiger partial charge in [0.2, 0.25) is 0 Å². The number of carboxylic acid groups (broad SMARTS) is 1. The number of carbonyl (C=O) groups is 1. The first-order valence-corrected chi connectivity index (χ1v) is 5.84. The summed E-state index contributed by atoms with van der Waals surface area (Å²) in [6, 6.07) is 0. The Balaban J connectivity index is 4.03. The van der Waals surface area contributed by atoms with Crippen molar-refractivity contribution >= 4 is 5.97 Å². The van der Waals surface area contributed by atoms with Crippen LogP contribution in [0.4, 0.5) is 0 Å². The number of aliphatic hydroxyl groups is 1. The van der Waals surface area contributed by atoms with Crippen LogP contribution in [0.15, 0.2) is 11.6 Å². The van der Waals surface area contributed by atoms with Crippen LogP contribution < -0.4 is 5.32 Å². The van der Waals surface area contributed by atoms with Crippen LogP contribution in [0.5, 0.6) is 0 Å². The van der Waals surface area contributed by atoms with Gasteiger partial charge in [0.25, 0.3) is 0 Å². The molecular formula is C12H23NO3. The second-order valence-corrected chi connectivity index (χ2v) is 3.95. The van der Waals surface area contributed by atoms with Crippen LogP contribution in [0.2, 0.25) is 0 Å². The molecule has 0 rings (SSSR count). The van der Waals surface area contributed by atoms with Crippen molar-refractivity contribution in [2.24, 2.45) is 0 Å². The van der Waals surface area contributed by atoms with E-state index in [4.69, 9.17) is 5.11 Å². The van der Waals surface area contributed by atoms with Gasteiger partial charge in [0.15, 0.2) is 0 Å². The van der Waals surface area contributed by atoms with E-state index in [0.717, 1.165) is 0 Å². The Morgan fingerprint density at radius 2 is 1.88 bits per heavy atom. The fourth-order valence-electron chi connectivity index (χ4n) is 1.38. The lowest BCUT2D eigenvalue weighted by Gasteiger charge is -2.25. The fourth-order valence-corrected chi connectivity index (χ4v) is 1.38. The van der Waals surface area contributed by atoms with E-state index in [2.05, 4.69) is 5.32 Å². The summed E-state index contributed by atoms with van der Waals surface area (Å²) in [6.07, 6.45) is 3.57. The van der Waals surface area contributed by atoms with Crippen molar-refractivity contribution in [2.45, 2.75) is 45.6 Å². The third-order valence-corrected chi connectivity index (χ3v) is 2.92. The Labute approximate surface area is 97.4 Å². The molecule has 16 heavy (non-hydrogen) atoms. The van der Waals surface area contributed by atoms with Crippen molar-refractivity contribution in [3.63, 3.8) is 0 Å². The molecule has 0 amide bonds. The number of hydrogen-bond donors (Lipinski definition) is 3. The van der Waals surface area contributed by atoms with Crippen LogP contribution in [0.25, 0.3) is 0 Å². The Morgan fingerprint density at radius 1 is 1.31 bits per heavy atom. The van der Waals surface area contributed by atoms with Crippen molar-refractivity contribution in [3.8, 4) is 0 Å². The minimum atomic E-state index is -0.870. The minimum Gasteiger partial charge on any atom is -0.478 e. The zero-order chi connectivity index (χ0) is 12.6. The molecule has 0 atom stereocenters. The highest BCUT2D eigenvalue weighted by Gasteiger charge is 2.20. The van der Waals surface area contributed by atoms with Crippen LogP contribution >= 0.6 is 0 Å². The van der Waals surface area contributed by atoms with Crippen molar-refractivity contribution in [3.05, 3.63) is 11.6 Å².